The SMILES string of the molecule is Cc1cc(F)c(-c2nc(-c3cccc(C(=O)O)c3)no2)c(C)c1C. The molecule has 0 unspecified atom stereocenters. The number of benzene rings is 2. The number of aromatic carboxylic acids is 1. The van der Waals surface area contributed by atoms with Gasteiger partial charge in [0.15, 0.2) is 0 Å². The van der Waals surface area contributed by atoms with Crippen LogP contribution >= 0.6 is 0 Å². The van der Waals surface area contributed by atoms with E-state index in [2.05, 4.69) is 10.1 Å². The quantitative estimate of drug-likeness (QED) is 0.782. The van der Waals surface area contributed by atoms with Crippen LogP contribution in [0.25, 0.3) is 22.8 Å². The lowest BCUT2D eigenvalue weighted by Crippen LogP contribution is -1.97. The number of aromatic nitrogens is 2. The van der Waals surface area contributed by atoms with Crippen molar-refractivity contribution in [2.24, 2.45) is 0 Å². The predicted octanol–water partition coefficient (Wildman–Crippen LogP) is 4.17. The van der Waals surface area contributed by atoms with Crippen LogP contribution in [0.2, 0.25) is 0 Å². The molecule has 0 amide bonds. The summed E-state index contributed by atoms with van der Waals surface area (Å²) in [6, 6.07) is 7.62. The first-order valence-electron chi connectivity index (χ1n) is 7.32. The first-order valence-corrected chi connectivity index (χ1v) is 7.32. The maximum Gasteiger partial charge on any atom is 0.335 e. The molecule has 6 heteroatoms. The van der Waals surface area contributed by atoms with E-state index in [1.807, 2.05) is 13.8 Å². The Balaban J connectivity index is 2.08. The smallest absolute Gasteiger partial charge is 0.335 e. The van der Waals surface area contributed by atoms with Crippen molar-refractivity contribution in [3.63, 3.8) is 0 Å². The van der Waals surface area contributed by atoms with Crippen LogP contribution in [0.1, 0.15) is 27.0 Å². The minimum atomic E-state index is -1.04. The summed E-state index contributed by atoms with van der Waals surface area (Å²) in [5, 5.41) is 12.9. The lowest BCUT2D eigenvalue weighted by molar-refractivity contribution is 0.0697. The fourth-order valence-electron chi connectivity index (χ4n) is 2.53. The lowest BCUT2D eigenvalue weighted by atomic mass is 9.98. The molecule has 1 heterocycles. The van der Waals surface area contributed by atoms with Gasteiger partial charge in [-0.15, -0.1) is 0 Å². The molecule has 0 radical (unpaired) electrons. The van der Waals surface area contributed by atoms with E-state index in [-0.39, 0.29) is 22.8 Å². The molecule has 0 saturated carbocycles. The van der Waals surface area contributed by atoms with E-state index in [1.165, 1.54) is 18.2 Å². The second kappa shape index (κ2) is 5.88. The molecule has 0 aliphatic carbocycles. The van der Waals surface area contributed by atoms with Crippen molar-refractivity contribution in [2.45, 2.75) is 20.8 Å². The lowest BCUT2D eigenvalue weighted by Gasteiger charge is -2.09. The summed E-state index contributed by atoms with van der Waals surface area (Å²) in [7, 11) is 0. The minimum Gasteiger partial charge on any atom is -0.478 e. The molecular formula is C18H15FN2O3. The molecule has 0 aliphatic heterocycles. The molecule has 1 N–H and O–H groups in total. The Morgan fingerprint density at radius 1 is 1.17 bits per heavy atom. The van der Waals surface area contributed by atoms with Crippen LogP contribution in [0.4, 0.5) is 4.39 Å². The van der Waals surface area contributed by atoms with Crippen molar-refractivity contribution in [3.05, 3.63) is 58.4 Å². The summed E-state index contributed by atoms with van der Waals surface area (Å²) < 4.78 is 19.6. The Hall–Kier alpha value is -3.02. The summed E-state index contributed by atoms with van der Waals surface area (Å²) in [6.07, 6.45) is 0. The zero-order valence-electron chi connectivity index (χ0n) is 13.4. The third-order valence-electron chi connectivity index (χ3n) is 4.12. The molecule has 0 atom stereocenters. The largest absolute Gasteiger partial charge is 0.478 e. The molecule has 3 rings (SSSR count). The summed E-state index contributed by atoms with van der Waals surface area (Å²) in [5.74, 6) is -1.18. The third-order valence-corrected chi connectivity index (χ3v) is 4.12. The second-order valence-corrected chi connectivity index (χ2v) is 5.61. The zero-order chi connectivity index (χ0) is 17.4. The first kappa shape index (κ1) is 15.9. The Morgan fingerprint density at radius 2 is 1.92 bits per heavy atom. The molecule has 0 spiro atoms. The second-order valence-electron chi connectivity index (χ2n) is 5.61. The number of aryl methyl sites for hydroxylation is 1. The van der Waals surface area contributed by atoms with E-state index in [0.717, 1.165) is 16.7 Å². The average Bonchev–Trinajstić information content (AvgIpc) is 3.02. The normalized spacial score (nSPS) is 10.8. The fraction of sp³-hybridized carbons (Fsp3) is 0.167. The van der Waals surface area contributed by atoms with Gasteiger partial charge in [0.2, 0.25) is 5.82 Å². The molecule has 24 heavy (non-hydrogen) atoms. The van der Waals surface area contributed by atoms with E-state index < -0.39 is 11.8 Å². The molecule has 122 valence electrons. The number of hydrogen-bond donors (Lipinski definition) is 1. The molecule has 0 aliphatic rings. The van der Waals surface area contributed by atoms with Crippen LogP contribution in [-0.2, 0) is 0 Å². The fourth-order valence-corrected chi connectivity index (χ4v) is 2.53. The Kier molecular flexibility index (Phi) is 3.89. The van der Waals surface area contributed by atoms with E-state index in [9.17, 15) is 9.18 Å². The van der Waals surface area contributed by atoms with Gasteiger partial charge in [0.25, 0.3) is 5.89 Å². The van der Waals surface area contributed by atoms with E-state index >= 15 is 0 Å². The Bertz CT molecular complexity index is 947. The molecule has 0 bridgehead atoms. The Labute approximate surface area is 137 Å². The van der Waals surface area contributed by atoms with Crippen LogP contribution in [0, 0.1) is 26.6 Å². The molecule has 0 saturated heterocycles. The van der Waals surface area contributed by atoms with Crippen molar-refractivity contribution in [3.8, 4) is 22.8 Å². The van der Waals surface area contributed by atoms with Crippen LogP contribution in [0.5, 0.6) is 0 Å². The van der Waals surface area contributed by atoms with Crippen LogP contribution in [0.3, 0.4) is 0 Å². The Morgan fingerprint density at radius 3 is 2.62 bits per heavy atom. The van der Waals surface area contributed by atoms with Crippen LogP contribution < -0.4 is 0 Å². The predicted molar refractivity (Wildman–Crippen MR) is 86.3 cm³/mol. The maximum atomic E-state index is 14.4. The molecule has 3 aromatic rings. The van der Waals surface area contributed by atoms with E-state index in [0.29, 0.717) is 5.56 Å². The molecular weight excluding hydrogens is 311 g/mol. The average molecular weight is 326 g/mol. The summed E-state index contributed by atoms with van der Waals surface area (Å²) in [6.45, 7) is 5.54. The molecule has 2 aromatic carbocycles. The van der Waals surface area contributed by atoms with Gasteiger partial charge in [0, 0.05) is 5.56 Å². The highest BCUT2D eigenvalue weighted by molar-refractivity contribution is 5.89. The summed E-state index contributed by atoms with van der Waals surface area (Å²) in [4.78, 5) is 15.3. The van der Waals surface area contributed by atoms with Gasteiger partial charge in [-0.2, -0.15) is 4.98 Å². The van der Waals surface area contributed by atoms with Crippen LogP contribution in [-0.4, -0.2) is 21.2 Å². The minimum absolute atomic E-state index is 0.0730. The first-order chi connectivity index (χ1) is 11.4. The van der Waals surface area contributed by atoms with Crippen molar-refractivity contribution >= 4 is 5.97 Å². The van der Waals surface area contributed by atoms with Gasteiger partial charge in [-0.25, -0.2) is 9.18 Å². The number of carbonyl (C=O) groups is 1. The highest BCUT2D eigenvalue weighted by atomic mass is 19.1. The number of hydrogen-bond acceptors (Lipinski definition) is 4. The summed E-state index contributed by atoms with van der Waals surface area (Å²) >= 11 is 0. The number of nitrogens with zero attached hydrogens (tertiary/aromatic N) is 2. The topological polar surface area (TPSA) is 76.2 Å². The van der Waals surface area contributed by atoms with Gasteiger partial charge >= 0.3 is 5.97 Å². The van der Waals surface area contributed by atoms with Gasteiger partial charge in [-0.3, -0.25) is 0 Å². The van der Waals surface area contributed by atoms with Gasteiger partial charge in [-0.05, 0) is 55.7 Å². The third kappa shape index (κ3) is 2.67. The number of halogens is 1. The van der Waals surface area contributed by atoms with Crippen LogP contribution in [0.15, 0.2) is 34.9 Å². The molecule has 0 fully saturated rings. The number of carboxylic acid groups (broad SMARTS) is 1. The number of rotatable bonds is 3. The van der Waals surface area contributed by atoms with Crippen molar-refractivity contribution in [1.29, 1.82) is 0 Å². The van der Waals surface area contributed by atoms with Gasteiger partial charge < -0.3 is 9.63 Å². The van der Waals surface area contributed by atoms with Gasteiger partial charge in [0.1, 0.15) is 5.82 Å². The standard InChI is InChI=1S/C18H15FN2O3/c1-9-7-14(19)15(11(3)10(9)2)17-20-16(21-24-17)12-5-4-6-13(8-12)18(22)23/h4-8H,1-3H3,(H,22,23). The van der Waals surface area contributed by atoms with Gasteiger partial charge in [0.05, 0.1) is 11.1 Å². The van der Waals surface area contributed by atoms with Crippen molar-refractivity contribution in [2.75, 3.05) is 0 Å². The molecule has 5 nitrogen and oxygen atoms in total. The highest BCUT2D eigenvalue weighted by Gasteiger charge is 2.19. The summed E-state index contributed by atoms with van der Waals surface area (Å²) in [5.41, 5.74) is 3.43. The molecule has 1 aromatic heterocycles. The zero-order valence-corrected chi connectivity index (χ0v) is 13.4. The number of carboxylic acids is 1. The maximum absolute atomic E-state index is 14.4. The van der Waals surface area contributed by atoms with E-state index in [1.54, 1.807) is 19.1 Å². The van der Waals surface area contributed by atoms with Crippen molar-refractivity contribution in [1.82, 2.24) is 10.1 Å². The highest BCUT2D eigenvalue weighted by Crippen LogP contribution is 2.31. The van der Waals surface area contributed by atoms with E-state index in [4.69, 9.17) is 9.63 Å². The van der Waals surface area contributed by atoms with Gasteiger partial charge in [-0.1, -0.05) is 17.3 Å². The monoisotopic (exact) mass is 326 g/mol. The van der Waals surface area contributed by atoms with Crippen molar-refractivity contribution < 1.29 is 18.8 Å².